The molecule has 2 aromatic carbocycles. The zero-order chi connectivity index (χ0) is 18.8. The van der Waals surface area contributed by atoms with Gasteiger partial charge in [-0.15, -0.1) is 0 Å². The van der Waals surface area contributed by atoms with Gasteiger partial charge in [0.05, 0.1) is 5.71 Å². The van der Waals surface area contributed by atoms with Crippen LogP contribution in [0.3, 0.4) is 0 Å². The number of phenols is 2. The zero-order valence-corrected chi connectivity index (χ0v) is 15.1. The van der Waals surface area contributed by atoms with E-state index in [1.165, 1.54) is 0 Å². The number of nitrogens with zero attached hydrogens (tertiary/aromatic N) is 2. The van der Waals surface area contributed by atoms with Crippen molar-refractivity contribution in [1.82, 2.24) is 10.3 Å². The highest BCUT2D eigenvalue weighted by Gasteiger charge is 2.28. The fourth-order valence-electron chi connectivity index (χ4n) is 3.30. The number of aromatic hydroxyl groups is 2. The van der Waals surface area contributed by atoms with Crippen LogP contribution < -0.4 is 5.32 Å². The maximum Gasteiger partial charge on any atom is 0.127 e. The monoisotopic (exact) mass is 379 g/mol. The average Bonchev–Trinajstić information content (AvgIpc) is 2.70. The highest BCUT2D eigenvalue weighted by molar-refractivity contribution is 6.30. The van der Waals surface area contributed by atoms with Crippen molar-refractivity contribution < 1.29 is 10.2 Å². The van der Waals surface area contributed by atoms with Gasteiger partial charge in [-0.2, -0.15) is 0 Å². The first-order chi connectivity index (χ1) is 13.1. The first-order valence-corrected chi connectivity index (χ1v) is 8.99. The second kappa shape index (κ2) is 7.39. The van der Waals surface area contributed by atoms with Gasteiger partial charge in [-0.25, -0.2) is 0 Å². The molecule has 0 amide bonds. The molecule has 4 rings (SSSR count). The van der Waals surface area contributed by atoms with Crippen molar-refractivity contribution in [3.63, 3.8) is 0 Å². The Bertz CT molecular complexity index is 992. The van der Waals surface area contributed by atoms with Gasteiger partial charge in [0.15, 0.2) is 0 Å². The van der Waals surface area contributed by atoms with Gasteiger partial charge in [0.1, 0.15) is 17.7 Å². The number of aliphatic imine (C=N–C) groups is 1. The minimum absolute atomic E-state index is 0.167. The number of phenolic OH excluding ortho intramolecular Hbond substituents is 2. The first-order valence-electron chi connectivity index (χ1n) is 8.61. The molecule has 3 aromatic rings. The normalized spacial score (nSPS) is 19.5. The van der Waals surface area contributed by atoms with Crippen LogP contribution >= 0.6 is 11.6 Å². The SMILES string of the molecule is Oc1ccccc1C1=NC(c2cccnc2)NC(c2cc(Cl)ccc2O)C1. The summed E-state index contributed by atoms with van der Waals surface area (Å²) in [5.74, 6) is 0.345. The number of hydrogen-bond donors (Lipinski definition) is 3. The van der Waals surface area contributed by atoms with Crippen molar-refractivity contribution >= 4 is 17.3 Å². The molecule has 6 heteroatoms. The van der Waals surface area contributed by atoms with Gasteiger partial charge in [-0.1, -0.05) is 29.8 Å². The van der Waals surface area contributed by atoms with Gasteiger partial charge in [0.25, 0.3) is 0 Å². The van der Waals surface area contributed by atoms with E-state index < -0.39 is 0 Å². The lowest BCUT2D eigenvalue weighted by Gasteiger charge is -2.31. The third-order valence-corrected chi connectivity index (χ3v) is 4.86. The lowest BCUT2D eigenvalue weighted by molar-refractivity contribution is 0.411. The Morgan fingerprint density at radius 1 is 1.00 bits per heavy atom. The molecule has 0 saturated heterocycles. The van der Waals surface area contributed by atoms with Crippen LogP contribution in [0.5, 0.6) is 11.5 Å². The van der Waals surface area contributed by atoms with E-state index in [-0.39, 0.29) is 23.7 Å². The summed E-state index contributed by atoms with van der Waals surface area (Å²) >= 11 is 6.15. The van der Waals surface area contributed by atoms with Crippen LogP contribution in [-0.4, -0.2) is 20.9 Å². The molecule has 1 aromatic heterocycles. The van der Waals surface area contributed by atoms with Crippen LogP contribution in [0, 0.1) is 0 Å². The molecule has 1 aliphatic rings. The van der Waals surface area contributed by atoms with E-state index in [1.54, 1.807) is 42.7 Å². The minimum Gasteiger partial charge on any atom is -0.508 e. The van der Waals surface area contributed by atoms with Crippen molar-refractivity contribution in [2.75, 3.05) is 0 Å². The Kier molecular flexibility index (Phi) is 4.79. The van der Waals surface area contributed by atoms with E-state index >= 15 is 0 Å². The van der Waals surface area contributed by atoms with Gasteiger partial charge >= 0.3 is 0 Å². The molecule has 2 atom stereocenters. The summed E-state index contributed by atoms with van der Waals surface area (Å²) in [5.41, 5.74) is 3.03. The third kappa shape index (κ3) is 3.65. The van der Waals surface area contributed by atoms with Crippen LogP contribution in [-0.2, 0) is 0 Å². The Balaban J connectivity index is 1.79. The highest BCUT2D eigenvalue weighted by Crippen LogP contribution is 2.36. The van der Waals surface area contributed by atoms with E-state index in [9.17, 15) is 10.2 Å². The van der Waals surface area contributed by atoms with Gasteiger partial charge in [-0.05, 0) is 36.4 Å². The summed E-state index contributed by atoms with van der Waals surface area (Å²) in [5, 5.41) is 24.6. The van der Waals surface area contributed by atoms with E-state index in [0.29, 0.717) is 22.6 Å². The van der Waals surface area contributed by atoms with Crippen LogP contribution in [0.25, 0.3) is 0 Å². The molecule has 1 aliphatic heterocycles. The quantitative estimate of drug-likeness (QED) is 0.631. The fourth-order valence-corrected chi connectivity index (χ4v) is 3.48. The minimum atomic E-state index is -0.356. The summed E-state index contributed by atoms with van der Waals surface area (Å²) in [6, 6.07) is 15.7. The second-order valence-corrected chi connectivity index (χ2v) is 6.84. The summed E-state index contributed by atoms with van der Waals surface area (Å²) in [7, 11) is 0. The molecule has 2 heterocycles. The number of aromatic nitrogens is 1. The second-order valence-electron chi connectivity index (χ2n) is 6.41. The zero-order valence-electron chi connectivity index (χ0n) is 14.4. The molecule has 0 radical (unpaired) electrons. The Morgan fingerprint density at radius 2 is 1.85 bits per heavy atom. The number of para-hydroxylation sites is 1. The van der Waals surface area contributed by atoms with Crippen LogP contribution in [0.4, 0.5) is 0 Å². The van der Waals surface area contributed by atoms with Crippen molar-refractivity contribution in [1.29, 1.82) is 0 Å². The van der Waals surface area contributed by atoms with Gasteiger partial charge in [0, 0.05) is 46.6 Å². The smallest absolute Gasteiger partial charge is 0.127 e. The molecule has 0 aliphatic carbocycles. The number of pyridine rings is 1. The number of benzene rings is 2. The molecule has 2 unspecified atom stereocenters. The van der Waals surface area contributed by atoms with E-state index in [2.05, 4.69) is 10.3 Å². The molecule has 136 valence electrons. The maximum absolute atomic E-state index is 10.4. The highest BCUT2D eigenvalue weighted by atomic mass is 35.5. The molecule has 0 spiro atoms. The summed E-state index contributed by atoms with van der Waals surface area (Å²) < 4.78 is 0. The number of hydrogen-bond acceptors (Lipinski definition) is 5. The molecular formula is C21H18ClN3O2. The van der Waals surface area contributed by atoms with E-state index in [4.69, 9.17) is 16.6 Å². The molecular weight excluding hydrogens is 362 g/mol. The Hall–Kier alpha value is -2.89. The first kappa shape index (κ1) is 17.5. The largest absolute Gasteiger partial charge is 0.508 e. The van der Waals surface area contributed by atoms with Crippen molar-refractivity contribution in [2.24, 2.45) is 4.99 Å². The van der Waals surface area contributed by atoms with Gasteiger partial charge in [0.2, 0.25) is 0 Å². The van der Waals surface area contributed by atoms with Crippen LogP contribution in [0.15, 0.2) is 72.0 Å². The van der Waals surface area contributed by atoms with Gasteiger partial charge < -0.3 is 10.2 Å². The standard InChI is InChI=1S/C21H18ClN3O2/c22-14-7-8-20(27)16(10-14)18-11-17(15-5-1-2-6-19(15)26)24-21(25-18)13-4-3-9-23-12-13/h1-10,12,18,21,25-27H,11H2. The van der Waals surface area contributed by atoms with Crippen molar-refractivity contribution in [3.8, 4) is 11.5 Å². The molecule has 0 saturated carbocycles. The lowest BCUT2D eigenvalue weighted by Crippen LogP contribution is -2.33. The fraction of sp³-hybridized carbons (Fsp3) is 0.143. The maximum atomic E-state index is 10.4. The summed E-state index contributed by atoms with van der Waals surface area (Å²) in [6.45, 7) is 0. The van der Waals surface area contributed by atoms with Crippen molar-refractivity contribution in [3.05, 3.63) is 88.7 Å². The number of rotatable bonds is 3. The number of nitrogens with one attached hydrogen (secondary N) is 1. The number of halogens is 1. The van der Waals surface area contributed by atoms with E-state index in [0.717, 1.165) is 11.3 Å². The average molecular weight is 380 g/mol. The summed E-state index contributed by atoms with van der Waals surface area (Å²) in [6.07, 6.45) is 3.61. The molecule has 27 heavy (non-hydrogen) atoms. The predicted octanol–water partition coefficient (Wildman–Crippen LogP) is 4.37. The van der Waals surface area contributed by atoms with Crippen molar-refractivity contribution in [2.45, 2.75) is 18.6 Å². The molecule has 0 bridgehead atoms. The predicted molar refractivity (Wildman–Crippen MR) is 105 cm³/mol. The third-order valence-electron chi connectivity index (χ3n) is 4.62. The lowest BCUT2D eigenvalue weighted by atomic mass is 9.93. The van der Waals surface area contributed by atoms with Crippen LogP contribution in [0.2, 0.25) is 5.02 Å². The van der Waals surface area contributed by atoms with Crippen LogP contribution in [0.1, 0.15) is 35.3 Å². The Morgan fingerprint density at radius 3 is 2.63 bits per heavy atom. The topological polar surface area (TPSA) is 77.7 Å². The Labute approximate surface area is 162 Å². The summed E-state index contributed by atoms with van der Waals surface area (Å²) in [4.78, 5) is 8.98. The molecule has 0 fully saturated rings. The van der Waals surface area contributed by atoms with Gasteiger partial charge in [-0.3, -0.25) is 15.3 Å². The molecule has 5 nitrogen and oxygen atoms in total. The molecule has 3 N–H and O–H groups in total. The van der Waals surface area contributed by atoms with E-state index in [1.807, 2.05) is 24.3 Å².